The Balaban J connectivity index is 2.53. The third-order valence-corrected chi connectivity index (χ3v) is 1.70. The van der Waals surface area contributed by atoms with Crippen LogP contribution in [0.2, 0.25) is 0 Å². The first-order chi connectivity index (χ1) is 3.27. The standard InChI is InChI=1S/C7H10/c1-4-7-5(2)6(7)3/h4,6-7H,1-2H2,3H3. The van der Waals surface area contributed by atoms with Gasteiger partial charge in [-0.2, -0.15) is 0 Å². The highest BCUT2D eigenvalue weighted by molar-refractivity contribution is 5.29. The van der Waals surface area contributed by atoms with Gasteiger partial charge in [0.05, 0.1) is 0 Å². The van der Waals surface area contributed by atoms with Crippen LogP contribution in [0.4, 0.5) is 0 Å². The molecule has 0 spiro atoms. The van der Waals surface area contributed by atoms with Crippen LogP contribution in [-0.4, -0.2) is 0 Å². The predicted molar refractivity (Wildman–Crippen MR) is 32.0 cm³/mol. The molecule has 1 aliphatic rings. The first-order valence-electron chi connectivity index (χ1n) is 2.58. The fourth-order valence-electron chi connectivity index (χ4n) is 0.848. The van der Waals surface area contributed by atoms with Gasteiger partial charge >= 0.3 is 0 Å². The van der Waals surface area contributed by atoms with E-state index in [2.05, 4.69) is 20.1 Å². The van der Waals surface area contributed by atoms with Gasteiger partial charge in [0.1, 0.15) is 0 Å². The van der Waals surface area contributed by atoms with E-state index in [1.807, 2.05) is 6.08 Å². The van der Waals surface area contributed by atoms with E-state index in [0.29, 0.717) is 5.92 Å². The first-order valence-corrected chi connectivity index (χ1v) is 2.58. The lowest BCUT2D eigenvalue weighted by atomic mass is 10.3. The number of rotatable bonds is 1. The van der Waals surface area contributed by atoms with Crippen molar-refractivity contribution >= 4 is 0 Å². The molecule has 0 nitrogen and oxygen atoms in total. The topological polar surface area (TPSA) is 0 Å². The van der Waals surface area contributed by atoms with Gasteiger partial charge in [-0.25, -0.2) is 0 Å². The molecule has 0 amide bonds. The molecule has 0 aliphatic heterocycles. The Morgan fingerprint density at radius 2 is 2.14 bits per heavy atom. The highest BCUT2D eigenvalue weighted by Gasteiger charge is 2.34. The SMILES string of the molecule is C=CC1C(=C)C1C. The molecule has 38 valence electrons. The van der Waals surface area contributed by atoms with Crippen LogP contribution < -0.4 is 0 Å². The lowest BCUT2D eigenvalue weighted by Crippen LogP contribution is -1.62. The van der Waals surface area contributed by atoms with Gasteiger partial charge in [0.15, 0.2) is 0 Å². The second-order valence-corrected chi connectivity index (χ2v) is 2.13. The molecule has 0 aromatic carbocycles. The second kappa shape index (κ2) is 1.22. The van der Waals surface area contributed by atoms with Gasteiger partial charge < -0.3 is 0 Å². The van der Waals surface area contributed by atoms with Crippen molar-refractivity contribution in [2.75, 3.05) is 0 Å². The predicted octanol–water partition coefficient (Wildman–Crippen LogP) is 1.99. The molecule has 2 unspecified atom stereocenters. The maximum Gasteiger partial charge on any atom is 0.00373 e. The van der Waals surface area contributed by atoms with E-state index in [9.17, 15) is 0 Å². The van der Waals surface area contributed by atoms with E-state index >= 15 is 0 Å². The Bertz CT molecular complexity index is 111. The zero-order valence-electron chi connectivity index (χ0n) is 4.65. The van der Waals surface area contributed by atoms with Gasteiger partial charge in [-0.3, -0.25) is 0 Å². The van der Waals surface area contributed by atoms with E-state index < -0.39 is 0 Å². The van der Waals surface area contributed by atoms with Crippen molar-refractivity contribution in [2.45, 2.75) is 6.92 Å². The Labute approximate surface area is 44.5 Å². The van der Waals surface area contributed by atoms with Crippen molar-refractivity contribution in [2.24, 2.45) is 11.8 Å². The molecule has 0 N–H and O–H groups in total. The van der Waals surface area contributed by atoms with Crippen LogP contribution >= 0.6 is 0 Å². The Morgan fingerprint density at radius 3 is 2.14 bits per heavy atom. The van der Waals surface area contributed by atoms with E-state index in [-0.39, 0.29) is 0 Å². The highest BCUT2D eigenvalue weighted by atomic mass is 14.4. The van der Waals surface area contributed by atoms with Crippen LogP contribution in [0.1, 0.15) is 6.92 Å². The Morgan fingerprint density at radius 1 is 1.71 bits per heavy atom. The van der Waals surface area contributed by atoms with Gasteiger partial charge in [0.2, 0.25) is 0 Å². The van der Waals surface area contributed by atoms with Crippen molar-refractivity contribution in [1.29, 1.82) is 0 Å². The van der Waals surface area contributed by atoms with Crippen LogP contribution in [0, 0.1) is 11.8 Å². The summed E-state index contributed by atoms with van der Waals surface area (Å²) in [6, 6.07) is 0. The van der Waals surface area contributed by atoms with Crippen molar-refractivity contribution in [1.82, 2.24) is 0 Å². The third kappa shape index (κ3) is 0.504. The molecular formula is C7H10. The number of hydrogen-bond donors (Lipinski definition) is 0. The summed E-state index contributed by atoms with van der Waals surface area (Å²) in [5, 5.41) is 0. The molecule has 7 heavy (non-hydrogen) atoms. The summed E-state index contributed by atoms with van der Waals surface area (Å²) in [5.74, 6) is 1.36. The largest absolute Gasteiger partial charge is 0.102 e. The van der Waals surface area contributed by atoms with Crippen molar-refractivity contribution < 1.29 is 0 Å². The minimum atomic E-state index is 0.639. The molecule has 0 saturated heterocycles. The van der Waals surface area contributed by atoms with Gasteiger partial charge in [-0.1, -0.05) is 25.2 Å². The molecule has 0 radical (unpaired) electrons. The van der Waals surface area contributed by atoms with Crippen LogP contribution in [0.3, 0.4) is 0 Å². The fraction of sp³-hybridized carbons (Fsp3) is 0.429. The molecule has 1 aliphatic carbocycles. The fourth-order valence-corrected chi connectivity index (χ4v) is 0.848. The zero-order chi connectivity index (χ0) is 5.44. The molecule has 0 bridgehead atoms. The second-order valence-electron chi connectivity index (χ2n) is 2.13. The van der Waals surface area contributed by atoms with Crippen molar-refractivity contribution in [3.05, 3.63) is 24.8 Å². The van der Waals surface area contributed by atoms with Crippen molar-refractivity contribution in [3.8, 4) is 0 Å². The first kappa shape index (κ1) is 4.63. The van der Waals surface area contributed by atoms with E-state index in [4.69, 9.17) is 0 Å². The highest BCUT2D eigenvalue weighted by Crippen LogP contribution is 2.44. The molecule has 1 fully saturated rings. The van der Waals surface area contributed by atoms with E-state index in [1.165, 1.54) is 5.57 Å². The molecule has 0 heteroatoms. The summed E-state index contributed by atoms with van der Waals surface area (Å²) >= 11 is 0. The molecule has 2 atom stereocenters. The lowest BCUT2D eigenvalue weighted by Gasteiger charge is -1.70. The maximum absolute atomic E-state index is 3.83. The summed E-state index contributed by atoms with van der Waals surface area (Å²) in [6.45, 7) is 9.67. The summed E-state index contributed by atoms with van der Waals surface area (Å²) < 4.78 is 0. The van der Waals surface area contributed by atoms with Crippen LogP contribution in [0.15, 0.2) is 24.8 Å². The van der Waals surface area contributed by atoms with Crippen LogP contribution in [0.25, 0.3) is 0 Å². The smallest absolute Gasteiger partial charge is 0.00373 e. The summed E-state index contributed by atoms with van der Waals surface area (Å²) in [7, 11) is 0. The molecule has 1 saturated carbocycles. The number of hydrogen-bond acceptors (Lipinski definition) is 0. The molecule has 0 aromatic rings. The average Bonchev–Trinajstić information content (AvgIpc) is 2.17. The molecule has 1 rings (SSSR count). The lowest BCUT2D eigenvalue weighted by molar-refractivity contribution is 0.905. The maximum atomic E-state index is 3.83. The third-order valence-electron chi connectivity index (χ3n) is 1.70. The van der Waals surface area contributed by atoms with Crippen LogP contribution in [0.5, 0.6) is 0 Å². The van der Waals surface area contributed by atoms with Gasteiger partial charge in [0.25, 0.3) is 0 Å². The van der Waals surface area contributed by atoms with Crippen LogP contribution in [-0.2, 0) is 0 Å². The minimum absolute atomic E-state index is 0.639. The zero-order valence-corrected chi connectivity index (χ0v) is 4.65. The summed E-state index contributed by atoms with van der Waals surface area (Å²) in [5.41, 5.74) is 1.34. The number of allylic oxidation sites excluding steroid dienone is 2. The summed E-state index contributed by atoms with van der Waals surface area (Å²) in [6.07, 6.45) is 1.97. The van der Waals surface area contributed by atoms with Crippen molar-refractivity contribution in [3.63, 3.8) is 0 Å². The molecule has 0 aromatic heterocycles. The summed E-state index contributed by atoms with van der Waals surface area (Å²) in [4.78, 5) is 0. The minimum Gasteiger partial charge on any atom is -0.102 e. The Hall–Kier alpha value is -0.520. The monoisotopic (exact) mass is 94.1 g/mol. The Kier molecular flexibility index (Phi) is 0.810. The quantitative estimate of drug-likeness (QED) is 0.436. The molecular weight excluding hydrogens is 84.1 g/mol. The van der Waals surface area contributed by atoms with E-state index in [0.717, 1.165) is 5.92 Å². The van der Waals surface area contributed by atoms with Gasteiger partial charge in [-0.15, -0.1) is 6.58 Å². The molecule has 0 heterocycles. The van der Waals surface area contributed by atoms with Gasteiger partial charge in [-0.05, 0) is 5.92 Å². The average molecular weight is 94.2 g/mol. The van der Waals surface area contributed by atoms with E-state index in [1.54, 1.807) is 0 Å². The normalized spacial score (nSPS) is 38.1. The van der Waals surface area contributed by atoms with Gasteiger partial charge in [0, 0.05) is 5.92 Å².